The Kier molecular flexibility index (Phi) is 8.07. The molecule has 166 valence electrons. The van der Waals surface area contributed by atoms with E-state index in [0.717, 1.165) is 5.56 Å². The normalized spacial score (nSPS) is 12.3. The van der Waals surface area contributed by atoms with E-state index < -0.39 is 23.5 Å². The SMILES string of the molecule is COc1cc(C=CC(=O)N[C@@H](Cc2ccccc2)C(=O)OC(C)(C)C)cc(OC)c1O. The van der Waals surface area contributed by atoms with Crippen LogP contribution in [0.3, 0.4) is 0 Å². The number of carbonyl (C=O) groups is 2. The maximum atomic E-state index is 12.7. The summed E-state index contributed by atoms with van der Waals surface area (Å²) in [7, 11) is 2.84. The zero-order valence-corrected chi connectivity index (χ0v) is 18.5. The van der Waals surface area contributed by atoms with E-state index in [0.29, 0.717) is 12.0 Å². The summed E-state index contributed by atoms with van der Waals surface area (Å²) < 4.78 is 15.7. The van der Waals surface area contributed by atoms with Crippen LogP contribution in [0.25, 0.3) is 6.08 Å². The average molecular weight is 427 g/mol. The molecule has 31 heavy (non-hydrogen) atoms. The minimum absolute atomic E-state index is 0.126. The molecule has 0 aliphatic carbocycles. The molecule has 2 N–H and O–H groups in total. The standard InChI is InChI=1S/C24H29NO6/c1-24(2,3)31-23(28)18(13-16-9-7-6-8-10-16)25-21(26)12-11-17-14-19(29-4)22(27)20(15-17)30-5/h6-12,14-15,18,27H,13H2,1-5H3,(H,25,26)/t18-/m0/s1. The second-order valence-electron chi connectivity index (χ2n) is 7.89. The number of ether oxygens (including phenoxy) is 3. The summed E-state index contributed by atoms with van der Waals surface area (Å²) in [5, 5.41) is 12.7. The van der Waals surface area contributed by atoms with Crippen molar-refractivity contribution in [2.24, 2.45) is 0 Å². The van der Waals surface area contributed by atoms with Crippen LogP contribution in [0.1, 0.15) is 31.9 Å². The van der Waals surface area contributed by atoms with Crippen molar-refractivity contribution in [1.29, 1.82) is 0 Å². The molecule has 0 spiro atoms. The van der Waals surface area contributed by atoms with Crippen LogP contribution >= 0.6 is 0 Å². The summed E-state index contributed by atoms with van der Waals surface area (Å²) in [5.41, 5.74) is 0.806. The summed E-state index contributed by atoms with van der Waals surface area (Å²) in [4.78, 5) is 25.2. The number of hydrogen-bond donors (Lipinski definition) is 2. The van der Waals surface area contributed by atoms with Gasteiger partial charge in [-0.1, -0.05) is 30.3 Å². The fraction of sp³-hybridized carbons (Fsp3) is 0.333. The van der Waals surface area contributed by atoms with Crippen molar-refractivity contribution in [1.82, 2.24) is 5.32 Å². The van der Waals surface area contributed by atoms with E-state index in [1.807, 2.05) is 30.3 Å². The van der Waals surface area contributed by atoms with Crippen molar-refractivity contribution in [3.8, 4) is 17.2 Å². The van der Waals surface area contributed by atoms with Crippen LogP contribution in [-0.2, 0) is 20.7 Å². The number of benzene rings is 2. The van der Waals surface area contributed by atoms with Crippen molar-refractivity contribution >= 4 is 18.0 Å². The maximum Gasteiger partial charge on any atom is 0.329 e. The number of aromatic hydroxyl groups is 1. The van der Waals surface area contributed by atoms with Gasteiger partial charge in [0.1, 0.15) is 11.6 Å². The summed E-state index contributed by atoms with van der Waals surface area (Å²) >= 11 is 0. The Hall–Kier alpha value is -3.48. The first-order chi connectivity index (χ1) is 14.6. The minimum Gasteiger partial charge on any atom is -0.502 e. The lowest BCUT2D eigenvalue weighted by Crippen LogP contribution is -2.45. The van der Waals surface area contributed by atoms with Gasteiger partial charge in [-0.2, -0.15) is 0 Å². The Morgan fingerprint density at radius 2 is 1.65 bits per heavy atom. The highest BCUT2D eigenvalue weighted by Gasteiger charge is 2.26. The molecule has 0 saturated heterocycles. The third-order valence-electron chi connectivity index (χ3n) is 4.22. The Balaban J connectivity index is 2.18. The molecule has 0 heterocycles. The van der Waals surface area contributed by atoms with Crippen LogP contribution in [0.15, 0.2) is 48.5 Å². The number of carbonyl (C=O) groups excluding carboxylic acids is 2. The second kappa shape index (κ2) is 10.5. The summed E-state index contributed by atoms with van der Waals surface area (Å²) in [6.45, 7) is 5.33. The largest absolute Gasteiger partial charge is 0.502 e. The van der Waals surface area contributed by atoms with Gasteiger partial charge >= 0.3 is 5.97 Å². The number of hydrogen-bond acceptors (Lipinski definition) is 6. The molecular formula is C24H29NO6. The molecule has 0 saturated carbocycles. The van der Waals surface area contributed by atoms with Gasteiger partial charge in [0.25, 0.3) is 0 Å². The molecule has 2 aromatic rings. The second-order valence-corrected chi connectivity index (χ2v) is 7.89. The number of esters is 1. The van der Waals surface area contributed by atoms with Crippen molar-refractivity contribution in [3.05, 3.63) is 59.7 Å². The molecular weight excluding hydrogens is 398 g/mol. The molecule has 2 rings (SSSR count). The fourth-order valence-electron chi connectivity index (χ4n) is 2.82. The van der Waals surface area contributed by atoms with Crippen LogP contribution in [0.4, 0.5) is 0 Å². The Bertz CT molecular complexity index is 906. The Labute approximate surface area is 182 Å². The first-order valence-electron chi connectivity index (χ1n) is 9.83. The van der Waals surface area contributed by atoms with Crippen LogP contribution in [0.5, 0.6) is 17.2 Å². The Morgan fingerprint density at radius 3 is 2.16 bits per heavy atom. The van der Waals surface area contributed by atoms with Gasteiger partial charge in [0.15, 0.2) is 11.5 Å². The lowest BCUT2D eigenvalue weighted by molar-refractivity contribution is -0.158. The molecule has 0 fully saturated rings. The number of methoxy groups -OCH3 is 2. The van der Waals surface area contributed by atoms with Gasteiger partial charge in [-0.15, -0.1) is 0 Å². The molecule has 0 unspecified atom stereocenters. The molecule has 7 nitrogen and oxygen atoms in total. The quantitative estimate of drug-likeness (QED) is 0.495. The predicted molar refractivity (Wildman–Crippen MR) is 118 cm³/mol. The van der Waals surface area contributed by atoms with E-state index in [9.17, 15) is 14.7 Å². The fourth-order valence-corrected chi connectivity index (χ4v) is 2.82. The van der Waals surface area contributed by atoms with Crippen LogP contribution in [0, 0.1) is 0 Å². The van der Waals surface area contributed by atoms with Crippen LogP contribution < -0.4 is 14.8 Å². The van der Waals surface area contributed by atoms with Gasteiger partial charge < -0.3 is 24.6 Å². The lowest BCUT2D eigenvalue weighted by Gasteiger charge is -2.24. The summed E-state index contributed by atoms with van der Waals surface area (Å²) in [6.07, 6.45) is 3.14. The van der Waals surface area contributed by atoms with E-state index in [1.54, 1.807) is 32.9 Å². The molecule has 0 aromatic heterocycles. The molecule has 1 amide bonds. The number of nitrogens with one attached hydrogen (secondary N) is 1. The van der Waals surface area contributed by atoms with Gasteiger partial charge in [-0.05, 0) is 50.1 Å². The van der Waals surface area contributed by atoms with Crippen LogP contribution in [0.2, 0.25) is 0 Å². The van der Waals surface area contributed by atoms with Crippen molar-refractivity contribution in [2.45, 2.75) is 38.8 Å². The summed E-state index contributed by atoms with van der Waals surface area (Å²) in [6, 6.07) is 11.7. The molecule has 2 aromatic carbocycles. The summed E-state index contributed by atoms with van der Waals surface area (Å²) in [5.74, 6) is -0.659. The molecule has 7 heteroatoms. The smallest absolute Gasteiger partial charge is 0.329 e. The van der Waals surface area contributed by atoms with Crippen LogP contribution in [-0.4, -0.2) is 42.8 Å². The van der Waals surface area contributed by atoms with Crippen molar-refractivity contribution in [2.75, 3.05) is 14.2 Å². The van der Waals surface area contributed by atoms with E-state index in [1.165, 1.54) is 26.4 Å². The van der Waals surface area contributed by atoms with E-state index >= 15 is 0 Å². The molecule has 0 bridgehead atoms. The van der Waals surface area contributed by atoms with Crippen molar-refractivity contribution in [3.63, 3.8) is 0 Å². The topological polar surface area (TPSA) is 94.1 Å². The maximum absolute atomic E-state index is 12.7. The number of phenolic OH excluding ortho intramolecular Hbond substituents is 1. The molecule has 1 atom stereocenters. The predicted octanol–water partition coefficient (Wildman–Crippen LogP) is 3.49. The van der Waals surface area contributed by atoms with E-state index in [4.69, 9.17) is 14.2 Å². The third-order valence-corrected chi connectivity index (χ3v) is 4.22. The van der Waals surface area contributed by atoms with Gasteiger partial charge in [0.05, 0.1) is 14.2 Å². The van der Waals surface area contributed by atoms with Gasteiger partial charge in [0, 0.05) is 12.5 Å². The highest BCUT2D eigenvalue weighted by Crippen LogP contribution is 2.37. The monoisotopic (exact) mass is 427 g/mol. The zero-order chi connectivity index (χ0) is 23.0. The van der Waals surface area contributed by atoms with Gasteiger partial charge in [0.2, 0.25) is 11.7 Å². The average Bonchev–Trinajstić information content (AvgIpc) is 2.72. The molecule has 0 radical (unpaired) electrons. The van der Waals surface area contributed by atoms with Crippen molar-refractivity contribution < 1.29 is 28.9 Å². The number of phenols is 1. The Morgan fingerprint density at radius 1 is 1.06 bits per heavy atom. The van der Waals surface area contributed by atoms with E-state index in [2.05, 4.69) is 5.32 Å². The lowest BCUT2D eigenvalue weighted by atomic mass is 10.1. The first-order valence-corrected chi connectivity index (χ1v) is 9.83. The number of rotatable bonds is 8. The molecule has 0 aliphatic heterocycles. The number of amides is 1. The van der Waals surface area contributed by atoms with E-state index in [-0.39, 0.29) is 17.2 Å². The zero-order valence-electron chi connectivity index (χ0n) is 18.5. The van der Waals surface area contributed by atoms with Gasteiger partial charge in [-0.3, -0.25) is 4.79 Å². The highest BCUT2D eigenvalue weighted by molar-refractivity contribution is 5.94. The third kappa shape index (κ3) is 7.37. The minimum atomic E-state index is -0.845. The molecule has 0 aliphatic rings. The highest BCUT2D eigenvalue weighted by atomic mass is 16.6. The first kappa shape index (κ1) is 23.8. The van der Waals surface area contributed by atoms with Gasteiger partial charge in [-0.25, -0.2) is 4.79 Å².